The molecule has 0 unspecified atom stereocenters. The number of benzene rings is 2. The van der Waals surface area contributed by atoms with Gasteiger partial charge in [0.25, 0.3) is 0 Å². The second-order valence-electron chi connectivity index (χ2n) is 7.57. The lowest BCUT2D eigenvalue weighted by atomic mass is 9.79. The number of hydrogen-bond donors (Lipinski definition) is 1. The molecule has 1 atom stereocenters. The number of rotatable bonds is 3. The number of allylic oxidation sites excluding steroid dienone is 2. The maximum atomic E-state index is 13.3. The van der Waals surface area contributed by atoms with Crippen LogP contribution < -0.4 is 5.32 Å². The van der Waals surface area contributed by atoms with Crippen LogP contribution in [0, 0.1) is 0 Å². The summed E-state index contributed by atoms with van der Waals surface area (Å²) in [6, 6.07) is 15.7. The molecular weight excluding hydrogens is 350 g/mol. The number of ketones is 1. The fourth-order valence-corrected chi connectivity index (χ4v) is 4.12. The fraction of sp³-hybridized carbons (Fsp3) is 0.250. The SMILES string of the molecule is COC(=O)C1=C(C)NC2=C(C(=O)c3ccccc32)[C@@H]1c1ccc(C(C)C)cc1. The highest BCUT2D eigenvalue weighted by Gasteiger charge is 2.42. The Kier molecular flexibility index (Phi) is 4.42. The lowest BCUT2D eigenvalue weighted by molar-refractivity contribution is -0.136. The minimum atomic E-state index is -0.454. The summed E-state index contributed by atoms with van der Waals surface area (Å²) < 4.78 is 5.06. The summed E-state index contributed by atoms with van der Waals surface area (Å²) >= 11 is 0. The van der Waals surface area contributed by atoms with E-state index in [0.717, 1.165) is 16.8 Å². The van der Waals surface area contributed by atoms with Gasteiger partial charge in [0.15, 0.2) is 5.78 Å². The predicted molar refractivity (Wildman–Crippen MR) is 109 cm³/mol. The van der Waals surface area contributed by atoms with Gasteiger partial charge in [-0.15, -0.1) is 0 Å². The molecular formula is C24H23NO3. The Labute approximate surface area is 164 Å². The van der Waals surface area contributed by atoms with Gasteiger partial charge in [0.2, 0.25) is 0 Å². The smallest absolute Gasteiger partial charge is 0.336 e. The molecule has 0 radical (unpaired) electrons. The van der Waals surface area contributed by atoms with Gasteiger partial charge < -0.3 is 10.1 Å². The number of nitrogens with one attached hydrogen (secondary N) is 1. The standard InChI is InChI=1S/C24H23NO3/c1-13(2)15-9-11-16(12-10-15)20-19(24(27)28-4)14(3)25-22-17-7-5-6-8-18(17)23(26)21(20)22/h5-13,20,25H,1-4H3/t20-/m1/s1. The van der Waals surface area contributed by atoms with Gasteiger partial charge in [-0.25, -0.2) is 4.79 Å². The minimum Gasteiger partial charge on any atom is -0.466 e. The number of fused-ring (bicyclic) bond motifs is 2. The fourth-order valence-electron chi connectivity index (χ4n) is 4.12. The Morgan fingerprint density at radius 3 is 2.29 bits per heavy atom. The first-order valence-corrected chi connectivity index (χ1v) is 9.48. The molecule has 4 nitrogen and oxygen atoms in total. The second-order valence-corrected chi connectivity index (χ2v) is 7.57. The molecule has 142 valence electrons. The molecule has 2 aliphatic rings. The van der Waals surface area contributed by atoms with E-state index in [9.17, 15) is 9.59 Å². The quantitative estimate of drug-likeness (QED) is 0.802. The zero-order valence-electron chi connectivity index (χ0n) is 16.5. The Bertz CT molecular complexity index is 1040. The molecule has 0 saturated heterocycles. The van der Waals surface area contributed by atoms with Crippen molar-refractivity contribution in [1.82, 2.24) is 5.32 Å². The third-order valence-electron chi connectivity index (χ3n) is 5.59. The van der Waals surface area contributed by atoms with Crippen LogP contribution in [0.3, 0.4) is 0 Å². The third kappa shape index (κ3) is 2.68. The Balaban J connectivity index is 1.91. The highest BCUT2D eigenvalue weighted by Crippen LogP contribution is 2.46. The van der Waals surface area contributed by atoms with Gasteiger partial charge in [0.05, 0.1) is 18.4 Å². The summed E-state index contributed by atoms with van der Waals surface area (Å²) in [5.41, 5.74) is 6.30. The van der Waals surface area contributed by atoms with E-state index in [-0.39, 0.29) is 5.78 Å². The zero-order chi connectivity index (χ0) is 20.0. The second kappa shape index (κ2) is 6.79. The number of hydrogen-bond acceptors (Lipinski definition) is 4. The summed E-state index contributed by atoms with van der Waals surface area (Å²) in [6.07, 6.45) is 0. The zero-order valence-corrected chi connectivity index (χ0v) is 16.5. The molecule has 4 heteroatoms. The molecule has 0 spiro atoms. The number of ether oxygens (including phenoxy) is 1. The highest BCUT2D eigenvalue weighted by molar-refractivity contribution is 6.23. The Morgan fingerprint density at radius 1 is 1.04 bits per heavy atom. The molecule has 0 fully saturated rings. The van der Waals surface area contributed by atoms with Gasteiger partial charge in [-0.2, -0.15) is 0 Å². The van der Waals surface area contributed by atoms with Crippen molar-refractivity contribution in [2.24, 2.45) is 0 Å². The van der Waals surface area contributed by atoms with Gasteiger partial charge in [-0.05, 0) is 24.0 Å². The lowest BCUT2D eigenvalue weighted by Crippen LogP contribution is -2.29. The molecule has 28 heavy (non-hydrogen) atoms. The van der Waals surface area contributed by atoms with Crippen molar-refractivity contribution in [3.05, 3.63) is 87.6 Å². The van der Waals surface area contributed by atoms with Crippen molar-refractivity contribution in [2.75, 3.05) is 7.11 Å². The molecule has 1 heterocycles. The highest BCUT2D eigenvalue weighted by atomic mass is 16.5. The third-order valence-corrected chi connectivity index (χ3v) is 5.59. The van der Waals surface area contributed by atoms with Crippen LogP contribution in [0.5, 0.6) is 0 Å². The van der Waals surface area contributed by atoms with Gasteiger partial charge >= 0.3 is 5.97 Å². The maximum absolute atomic E-state index is 13.3. The van der Waals surface area contributed by atoms with E-state index in [0.29, 0.717) is 28.3 Å². The molecule has 0 aromatic heterocycles. The van der Waals surface area contributed by atoms with Crippen LogP contribution in [0.25, 0.3) is 5.70 Å². The van der Waals surface area contributed by atoms with E-state index in [1.54, 1.807) is 0 Å². The number of Topliss-reactive ketones (excluding diaryl/α,β-unsaturated/α-hetero) is 1. The summed E-state index contributed by atoms with van der Waals surface area (Å²) in [7, 11) is 1.37. The van der Waals surface area contributed by atoms with Gasteiger partial charge in [-0.3, -0.25) is 4.79 Å². The lowest BCUT2D eigenvalue weighted by Gasteiger charge is -2.29. The van der Waals surface area contributed by atoms with Crippen LogP contribution in [0.1, 0.15) is 59.7 Å². The van der Waals surface area contributed by atoms with Crippen LogP contribution in [0.15, 0.2) is 65.4 Å². The maximum Gasteiger partial charge on any atom is 0.336 e. The summed E-state index contributed by atoms with van der Waals surface area (Å²) in [4.78, 5) is 25.9. The number of carbonyl (C=O) groups excluding carboxylic acids is 2. The predicted octanol–water partition coefficient (Wildman–Crippen LogP) is 4.55. The van der Waals surface area contributed by atoms with Crippen LogP contribution in [-0.4, -0.2) is 18.9 Å². The van der Waals surface area contributed by atoms with E-state index in [1.807, 2.05) is 43.3 Å². The average molecular weight is 373 g/mol. The Morgan fingerprint density at radius 2 is 1.68 bits per heavy atom. The van der Waals surface area contributed by atoms with E-state index in [1.165, 1.54) is 12.7 Å². The van der Waals surface area contributed by atoms with Crippen molar-refractivity contribution in [1.29, 1.82) is 0 Å². The first-order chi connectivity index (χ1) is 13.4. The molecule has 0 amide bonds. The largest absolute Gasteiger partial charge is 0.466 e. The van der Waals surface area contributed by atoms with E-state index < -0.39 is 11.9 Å². The van der Waals surface area contributed by atoms with Crippen molar-refractivity contribution in [3.63, 3.8) is 0 Å². The van der Waals surface area contributed by atoms with Gasteiger partial charge in [-0.1, -0.05) is 62.4 Å². The molecule has 1 aliphatic heterocycles. The number of esters is 1. The molecule has 0 bridgehead atoms. The first kappa shape index (κ1) is 18.2. The van der Waals surface area contributed by atoms with E-state index in [4.69, 9.17) is 4.74 Å². The first-order valence-electron chi connectivity index (χ1n) is 9.48. The van der Waals surface area contributed by atoms with Crippen molar-refractivity contribution >= 4 is 17.4 Å². The summed E-state index contributed by atoms with van der Waals surface area (Å²) in [5.74, 6) is -0.500. The van der Waals surface area contributed by atoms with Crippen LogP contribution in [0.4, 0.5) is 0 Å². The van der Waals surface area contributed by atoms with Crippen molar-refractivity contribution in [3.8, 4) is 0 Å². The molecule has 2 aromatic carbocycles. The van der Waals surface area contributed by atoms with Crippen LogP contribution in [0.2, 0.25) is 0 Å². The summed E-state index contributed by atoms with van der Waals surface area (Å²) in [6.45, 7) is 6.14. The molecule has 0 saturated carbocycles. The summed E-state index contributed by atoms with van der Waals surface area (Å²) in [5, 5.41) is 3.30. The number of methoxy groups -OCH3 is 1. The number of dihydropyridines is 1. The van der Waals surface area contributed by atoms with Gasteiger partial charge in [0.1, 0.15) is 0 Å². The normalized spacial score (nSPS) is 18.2. The Hall–Kier alpha value is -3.14. The monoisotopic (exact) mass is 373 g/mol. The van der Waals surface area contributed by atoms with Crippen LogP contribution in [-0.2, 0) is 9.53 Å². The van der Waals surface area contributed by atoms with Crippen LogP contribution >= 0.6 is 0 Å². The van der Waals surface area contributed by atoms with Crippen molar-refractivity contribution < 1.29 is 14.3 Å². The number of carbonyl (C=O) groups is 2. The van der Waals surface area contributed by atoms with E-state index >= 15 is 0 Å². The van der Waals surface area contributed by atoms with Crippen molar-refractivity contribution in [2.45, 2.75) is 32.6 Å². The molecule has 2 aromatic rings. The minimum absolute atomic E-state index is 0.0371. The van der Waals surface area contributed by atoms with E-state index in [2.05, 4.69) is 31.3 Å². The molecule has 1 aliphatic carbocycles. The topological polar surface area (TPSA) is 55.4 Å². The van der Waals surface area contributed by atoms with Gasteiger partial charge in [0, 0.05) is 28.3 Å². The molecule has 1 N–H and O–H groups in total. The average Bonchev–Trinajstić information content (AvgIpc) is 2.98. The molecule has 4 rings (SSSR count).